The van der Waals surface area contributed by atoms with E-state index in [2.05, 4.69) is 0 Å². The van der Waals surface area contributed by atoms with Crippen LogP contribution in [-0.2, 0) is 9.59 Å². The summed E-state index contributed by atoms with van der Waals surface area (Å²) in [6, 6.07) is 6.48. The molecule has 1 unspecified atom stereocenters. The molecule has 0 spiro atoms. The normalized spacial score (nSPS) is 11.7. The van der Waals surface area contributed by atoms with Crippen LogP contribution in [0.1, 0.15) is 23.7 Å². The molecule has 1 N–H and O–H groups in total. The third-order valence-electron chi connectivity index (χ3n) is 2.68. The average Bonchev–Trinajstić information content (AvgIpc) is 2.42. The molecule has 1 aromatic rings. The molecule has 108 valence electrons. The van der Waals surface area contributed by atoms with Crippen LogP contribution in [0, 0.1) is 5.92 Å². The molecule has 0 aliphatic heterocycles. The Kier molecular flexibility index (Phi) is 6.24. The van der Waals surface area contributed by atoms with Crippen molar-refractivity contribution in [3.8, 4) is 5.75 Å². The number of carbonyl (C=O) groups excluding carboxylic acids is 2. The number of ether oxygens (including phenoxy) is 1. The number of hydrogen-bond acceptors (Lipinski definition) is 5. The lowest BCUT2D eigenvalue weighted by Gasteiger charge is -2.10. The lowest BCUT2D eigenvalue weighted by Crippen LogP contribution is -2.21. The monoisotopic (exact) mass is 296 g/mol. The van der Waals surface area contributed by atoms with Gasteiger partial charge >= 0.3 is 5.97 Å². The van der Waals surface area contributed by atoms with Gasteiger partial charge in [-0.15, -0.1) is 0 Å². The zero-order valence-corrected chi connectivity index (χ0v) is 12.1. The fourth-order valence-electron chi connectivity index (χ4n) is 1.55. The van der Waals surface area contributed by atoms with E-state index in [1.165, 1.54) is 14.0 Å². The van der Waals surface area contributed by atoms with E-state index in [1.54, 1.807) is 24.3 Å². The van der Waals surface area contributed by atoms with Gasteiger partial charge in [0.05, 0.1) is 13.0 Å². The summed E-state index contributed by atoms with van der Waals surface area (Å²) in [4.78, 5) is 34.0. The Morgan fingerprint density at radius 3 is 2.30 bits per heavy atom. The fourth-order valence-corrected chi connectivity index (χ4v) is 2.25. The Balaban J connectivity index is 2.69. The van der Waals surface area contributed by atoms with Crippen LogP contribution < -0.4 is 4.74 Å². The zero-order chi connectivity index (χ0) is 15.1. The number of carbonyl (C=O) groups is 3. The lowest BCUT2D eigenvalue weighted by molar-refractivity contribution is -0.140. The second-order valence-electron chi connectivity index (χ2n) is 4.19. The largest absolute Gasteiger partial charge is 0.497 e. The molecule has 1 rings (SSSR count). The third-order valence-corrected chi connectivity index (χ3v) is 3.66. The molecule has 1 atom stereocenters. The molecule has 0 aliphatic rings. The second-order valence-corrected chi connectivity index (χ2v) is 5.39. The first-order valence-corrected chi connectivity index (χ1v) is 6.96. The number of hydrogen-bond donors (Lipinski definition) is 1. The molecule has 0 saturated carbocycles. The SMILES string of the molecule is COc1ccc(C(=O)CC(CSC(C)=O)C(=O)O)cc1. The van der Waals surface area contributed by atoms with Gasteiger partial charge < -0.3 is 9.84 Å². The van der Waals surface area contributed by atoms with Gasteiger partial charge in [-0.2, -0.15) is 0 Å². The van der Waals surface area contributed by atoms with Gasteiger partial charge in [-0.1, -0.05) is 11.8 Å². The predicted octanol–water partition coefficient (Wildman–Crippen LogP) is 2.25. The van der Waals surface area contributed by atoms with Crippen LogP contribution in [0.3, 0.4) is 0 Å². The van der Waals surface area contributed by atoms with Crippen LogP contribution in [0.15, 0.2) is 24.3 Å². The molecule has 0 amide bonds. The average molecular weight is 296 g/mol. The molecule has 20 heavy (non-hydrogen) atoms. The van der Waals surface area contributed by atoms with Crippen molar-refractivity contribution in [2.24, 2.45) is 5.92 Å². The zero-order valence-electron chi connectivity index (χ0n) is 11.3. The van der Waals surface area contributed by atoms with Gasteiger partial charge in [-0.05, 0) is 24.3 Å². The molecule has 1 aromatic carbocycles. The van der Waals surface area contributed by atoms with E-state index >= 15 is 0 Å². The van der Waals surface area contributed by atoms with E-state index in [-0.39, 0.29) is 23.1 Å². The van der Waals surface area contributed by atoms with Crippen LogP contribution in [-0.4, -0.2) is 34.8 Å². The molecule has 0 fully saturated rings. The summed E-state index contributed by atoms with van der Waals surface area (Å²) in [7, 11) is 1.52. The highest BCUT2D eigenvalue weighted by atomic mass is 32.2. The van der Waals surface area contributed by atoms with Gasteiger partial charge in [-0.25, -0.2) is 0 Å². The van der Waals surface area contributed by atoms with Gasteiger partial charge in [-0.3, -0.25) is 14.4 Å². The van der Waals surface area contributed by atoms with Crippen LogP contribution >= 0.6 is 11.8 Å². The minimum Gasteiger partial charge on any atom is -0.497 e. The van der Waals surface area contributed by atoms with Crippen molar-refractivity contribution in [2.75, 3.05) is 12.9 Å². The summed E-state index contributed by atoms with van der Waals surface area (Å²) >= 11 is 0.919. The van der Waals surface area contributed by atoms with Gasteiger partial charge in [0.1, 0.15) is 5.75 Å². The van der Waals surface area contributed by atoms with Crippen LogP contribution in [0.2, 0.25) is 0 Å². The van der Waals surface area contributed by atoms with Crippen molar-refractivity contribution in [1.82, 2.24) is 0 Å². The summed E-state index contributed by atoms with van der Waals surface area (Å²) in [5.41, 5.74) is 0.435. The molecular formula is C14H16O5S. The molecule has 0 saturated heterocycles. The Morgan fingerprint density at radius 2 is 1.85 bits per heavy atom. The number of thioether (sulfide) groups is 1. The number of ketones is 1. The molecule has 6 heteroatoms. The van der Waals surface area contributed by atoms with Crippen molar-refractivity contribution in [1.29, 1.82) is 0 Å². The van der Waals surface area contributed by atoms with E-state index in [0.29, 0.717) is 11.3 Å². The van der Waals surface area contributed by atoms with E-state index in [9.17, 15) is 14.4 Å². The molecule has 0 bridgehead atoms. The summed E-state index contributed by atoms with van der Waals surface area (Å²) in [6.45, 7) is 1.37. The minimum atomic E-state index is -1.07. The molecular weight excluding hydrogens is 280 g/mol. The Labute approximate surface area is 121 Å². The van der Waals surface area contributed by atoms with Crippen LogP contribution in [0.5, 0.6) is 5.75 Å². The van der Waals surface area contributed by atoms with E-state index in [1.807, 2.05) is 0 Å². The third kappa shape index (κ3) is 5.05. The van der Waals surface area contributed by atoms with Crippen LogP contribution in [0.25, 0.3) is 0 Å². The number of carboxylic acids is 1. The van der Waals surface area contributed by atoms with Crippen molar-refractivity contribution in [2.45, 2.75) is 13.3 Å². The maximum Gasteiger partial charge on any atom is 0.307 e. The van der Waals surface area contributed by atoms with Crippen LogP contribution in [0.4, 0.5) is 0 Å². The minimum absolute atomic E-state index is 0.104. The number of Topliss-reactive ketones (excluding diaryl/α,β-unsaturated/α-hetero) is 1. The second kappa shape index (κ2) is 7.69. The fraction of sp³-hybridized carbons (Fsp3) is 0.357. The summed E-state index contributed by atoms with van der Waals surface area (Å²) < 4.78 is 4.99. The number of aliphatic carboxylic acids is 1. The Bertz CT molecular complexity index is 495. The molecule has 0 heterocycles. The highest BCUT2D eigenvalue weighted by Crippen LogP contribution is 2.18. The number of rotatable bonds is 7. The van der Waals surface area contributed by atoms with Gasteiger partial charge in [0.25, 0.3) is 0 Å². The standard InChI is InChI=1S/C14H16O5S/c1-9(15)20-8-11(14(17)18)7-13(16)10-3-5-12(19-2)6-4-10/h3-6,11H,7-8H2,1-2H3,(H,17,18). The summed E-state index contributed by atoms with van der Waals surface area (Å²) in [6.07, 6.45) is -0.123. The quantitative estimate of drug-likeness (QED) is 0.777. The van der Waals surface area contributed by atoms with E-state index < -0.39 is 11.9 Å². The first-order chi connectivity index (χ1) is 9.43. The maximum atomic E-state index is 12.0. The highest BCUT2D eigenvalue weighted by molar-refractivity contribution is 8.13. The van der Waals surface area contributed by atoms with E-state index in [4.69, 9.17) is 9.84 Å². The lowest BCUT2D eigenvalue weighted by atomic mass is 10.00. The van der Waals surface area contributed by atoms with Crippen molar-refractivity contribution in [3.63, 3.8) is 0 Å². The molecule has 0 radical (unpaired) electrons. The Morgan fingerprint density at radius 1 is 1.25 bits per heavy atom. The van der Waals surface area contributed by atoms with Gasteiger partial charge in [0.2, 0.25) is 0 Å². The first kappa shape index (κ1) is 16.2. The van der Waals surface area contributed by atoms with Crippen molar-refractivity contribution in [3.05, 3.63) is 29.8 Å². The first-order valence-electron chi connectivity index (χ1n) is 5.97. The van der Waals surface area contributed by atoms with Gasteiger partial charge in [0.15, 0.2) is 10.9 Å². The number of methoxy groups -OCH3 is 1. The highest BCUT2D eigenvalue weighted by Gasteiger charge is 2.22. The van der Waals surface area contributed by atoms with Gasteiger partial charge in [0, 0.05) is 24.7 Å². The topological polar surface area (TPSA) is 80.7 Å². The summed E-state index contributed by atoms with van der Waals surface area (Å²) in [5.74, 6) is -1.46. The number of carboxylic acid groups (broad SMARTS) is 1. The smallest absolute Gasteiger partial charge is 0.307 e. The summed E-state index contributed by atoms with van der Waals surface area (Å²) in [5, 5.41) is 8.91. The molecule has 0 aliphatic carbocycles. The van der Waals surface area contributed by atoms with Crippen molar-refractivity contribution >= 4 is 28.6 Å². The predicted molar refractivity (Wildman–Crippen MR) is 76.2 cm³/mol. The molecule has 5 nitrogen and oxygen atoms in total. The van der Waals surface area contributed by atoms with E-state index in [0.717, 1.165) is 11.8 Å². The molecule has 0 aromatic heterocycles. The maximum absolute atomic E-state index is 12.0. The Hall–Kier alpha value is -1.82. The van der Waals surface area contributed by atoms with Crippen molar-refractivity contribution < 1.29 is 24.2 Å². The number of benzene rings is 1.